The molecule has 0 saturated carbocycles. The second-order valence-electron chi connectivity index (χ2n) is 7.22. The molecule has 0 aliphatic carbocycles. The number of hydrogen-bond acceptors (Lipinski definition) is 6. The number of benzene rings is 2. The van der Waals surface area contributed by atoms with Crippen molar-refractivity contribution >= 4 is 62.3 Å². The molecule has 7 nitrogen and oxygen atoms in total. The molecule has 1 aliphatic rings. The molecule has 2 aromatic carbocycles. The maximum atomic E-state index is 13.3. The number of ketones is 1. The van der Waals surface area contributed by atoms with E-state index in [-0.39, 0.29) is 32.7 Å². The summed E-state index contributed by atoms with van der Waals surface area (Å²) in [6.07, 6.45) is 3.10. The maximum absolute atomic E-state index is 13.3. The van der Waals surface area contributed by atoms with Crippen LogP contribution >= 0.6 is 39.1 Å². The summed E-state index contributed by atoms with van der Waals surface area (Å²) in [5.74, 6) is -1.99. The average Bonchev–Trinajstić information content (AvgIpc) is 3.09. The third kappa shape index (κ3) is 4.02. The molecule has 10 heteroatoms. The molecule has 34 heavy (non-hydrogen) atoms. The number of aliphatic hydroxyl groups is 1. The molecule has 0 spiro atoms. The summed E-state index contributed by atoms with van der Waals surface area (Å²) < 4.78 is 11.3. The quantitative estimate of drug-likeness (QED) is 0.240. The number of aromatic nitrogens is 1. The zero-order valence-corrected chi connectivity index (χ0v) is 21.0. The maximum Gasteiger partial charge on any atom is 0.300 e. The standard InChI is InChI=1S/C24H17BrCl2N2O5/c1-33-22-15(10-16(26)23(34-2)18(22)27)20(30)17-19(12-5-4-8-28-11-12)29(24(32)21(17)31)14-7-3-6-13(25)9-14/h3-11,19,30H,1-2H3/b20-17+. The summed E-state index contributed by atoms with van der Waals surface area (Å²) >= 11 is 16.1. The predicted octanol–water partition coefficient (Wildman–Crippen LogP) is 5.79. The Bertz CT molecular complexity index is 1330. The molecule has 4 rings (SSSR count). The van der Waals surface area contributed by atoms with Crippen LogP contribution in [0.1, 0.15) is 17.2 Å². The van der Waals surface area contributed by atoms with E-state index in [0.29, 0.717) is 15.7 Å². The first-order valence-corrected chi connectivity index (χ1v) is 11.4. The molecule has 1 saturated heterocycles. The fourth-order valence-corrected chi connectivity index (χ4v) is 4.94. The largest absolute Gasteiger partial charge is 0.507 e. The van der Waals surface area contributed by atoms with Crippen molar-refractivity contribution < 1.29 is 24.2 Å². The molecule has 1 fully saturated rings. The van der Waals surface area contributed by atoms with Crippen molar-refractivity contribution in [3.05, 3.63) is 86.1 Å². The Morgan fingerprint density at radius 2 is 1.82 bits per heavy atom. The lowest BCUT2D eigenvalue weighted by Crippen LogP contribution is -2.29. The monoisotopic (exact) mass is 562 g/mol. The van der Waals surface area contributed by atoms with E-state index in [9.17, 15) is 14.7 Å². The Kier molecular flexibility index (Phi) is 6.84. The first-order chi connectivity index (χ1) is 16.3. The molecule has 1 aliphatic heterocycles. The van der Waals surface area contributed by atoms with Gasteiger partial charge >= 0.3 is 0 Å². The highest BCUT2D eigenvalue weighted by Gasteiger charge is 2.47. The third-order valence-corrected chi connectivity index (χ3v) is 6.44. The molecule has 0 radical (unpaired) electrons. The van der Waals surface area contributed by atoms with Crippen molar-refractivity contribution in [1.29, 1.82) is 0 Å². The van der Waals surface area contributed by atoms with E-state index in [1.54, 1.807) is 42.6 Å². The van der Waals surface area contributed by atoms with Gasteiger partial charge in [-0.25, -0.2) is 0 Å². The molecule has 1 N–H and O–H groups in total. The van der Waals surface area contributed by atoms with Gasteiger partial charge < -0.3 is 14.6 Å². The lowest BCUT2D eigenvalue weighted by Gasteiger charge is -2.25. The van der Waals surface area contributed by atoms with E-state index in [2.05, 4.69) is 20.9 Å². The lowest BCUT2D eigenvalue weighted by molar-refractivity contribution is -0.132. The molecular weight excluding hydrogens is 547 g/mol. The van der Waals surface area contributed by atoms with Crippen LogP contribution in [0.25, 0.3) is 5.76 Å². The Labute approximate surface area is 213 Å². The first-order valence-electron chi connectivity index (χ1n) is 9.87. The van der Waals surface area contributed by atoms with Gasteiger partial charge in [0, 0.05) is 22.6 Å². The van der Waals surface area contributed by atoms with Crippen molar-refractivity contribution in [2.24, 2.45) is 0 Å². The van der Waals surface area contributed by atoms with Gasteiger partial charge in [-0.15, -0.1) is 0 Å². The number of Topliss-reactive ketones (excluding diaryl/α,β-unsaturated/α-hetero) is 1. The Hall–Kier alpha value is -3.07. The van der Waals surface area contributed by atoms with Crippen molar-refractivity contribution in [2.75, 3.05) is 19.1 Å². The van der Waals surface area contributed by atoms with Gasteiger partial charge in [0.05, 0.1) is 36.4 Å². The Morgan fingerprint density at radius 1 is 1.09 bits per heavy atom. The average molecular weight is 564 g/mol. The number of amides is 1. The van der Waals surface area contributed by atoms with Crippen LogP contribution in [-0.2, 0) is 9.59 Å². The predicted molar refractivity (Wildman–Crippen MR) is 133 cm³/mol. The number of aliphatic hydroxyl groups excluding tert-OH is 1. The van der Waals surface area contributed by atoms with Crippen LogP contribution in [0.3, 0.4) is 0 Å². The highest BCUT2D eigenvalue weighted by Crippen LogP contribution is 2.48. The number of rotatable bonds is 5. The van der Waals surface area contributed by atoms with Gasteiger partial charge in [-0.1, -0.05) is 51.3 Å². The minimum atomic E-state index is -0.965. The Balaban J connectivity index is 2.01. The van der Waals surface area contributed by atoms with Crippen LogP contribution in [0.15, 0.2) is 64.9 Å². The van der Waals surface area contributed by atoms with Crippen molar-refractivity contribution in [3.8, 4) is 11.5 Å². The number of pyridine rings is 1. The number of nitrogens with zero attached hydrogens (tertiary/aromatic N) is 2. The molecule has 174 valence electrons. The number of anilines is 1. The van der Waals surface area contributed by atoms with E-state index in [1.165, 1.54) is 31.4 Å². The summed E-state index contributed by atoms with van der Waals surface area (Å²) in [7, 11) is 2.74. The van der Waals surface area contributed by atoms with Gasteiger partial charge in [0.25, 0.3) is 11.7 Å². The fourth-order valence-electron chi connectivity index (χ4n) is 3.87. The van der Waals surface area contributed by atoms with Crippen molar-refractivity contribution in [2.45, 2.75) is 6.04 Å². The molecule has 1 amide bonds. The zero-order chi connectivity index (χ0) is 24.6. The molecule has 2 heterocycles. The minimum Gasteiger partial charge on any atom is -0.507 e. The molecule has 1 atom stereocenters. The highest BCUT2D eigenvalue weighted by atomic mass is 79.9. The van der Waals surface area contributed by atoms with Gasteiger partial charge in [0.15, 0.2) is 11.5 Å². The number of carbonyl (C=O) groups excluding carboxylic acids is 2. The van der Waals surface area contributed by atoms with Crippen molar-refractivity contribution in [1.82, 2.24) is 4.98 Å². The van der Waals surface area contributed by atoms with Crippen LogP contribution in [0, 0.1) is 0 Å². The van der Waals surface area contributed by atoms with Crippen molar-refractivity contribution in [3.63, 3.8) is 0 Å². The SMILES string of the molecule is COc1c(Cl)cc(/C(O)=C2\C(=O)C(=O)N(c3cccc(Br)c3)C2c2cccnc2)c(OC)c1Cl. The number of methoxy groups -OCH3 is 2. The second kappa shape index (κ2) is 9.66. The molecule has 3 aromatic rings. The highest BCUT2D eigenvalue weighted by molar-refractivity contribution is 9.10. The lowest BCUT2D eigenvalue weighted by atomic mass is 9.95. The summed E-state index contributed by atoms with van der Waals surface area (Å²) in [6.45, 7) is 0. The Morgan fingerprint density at radius 3 is 2.44 bits per heavy atom. The normalized spacial score (nSPS) is 17.2. The van der Waals surface area contributed by atoms with Crippen LogP contribution in [0.5, 0.6) is 11.5 Å². The number of halogens is 3. The molecule has 0 bridgehead atoms. The van der Waals surface area contributed by atoms with Gasteiger partial charge in [-0.05, 0) is 35.9 Å². The summed E-state index contributed by atoms with van der Waals surface area (Å²) in [6, 6.07) is 10.7. The smallest absolute Gasteiger partial charge is 0.300 e. The van der Waals surface area contributed by atoms with Gasteiger partial charge in [-0.3, -0.25) is 19.5 Å². The molecule has 1 aromatic heterocycles. The van der Waals surface area contributed by atoms with E-state index in [0.717, 1.165) is 0 Å². The first kappa shape index (κ1) is 24.1. The van der Waals surface area contributed by atoms with Crippen LogP contribution in [0.4, 0.5) is 5.69 Å². The van der Waals surface area contributed by atoms with E-state index >= 15 is 0 Å². The number of ether oxygens (including phenoxy) is 2. The summed E-state index contributed by atoms with van der Waals surface area (Å²) in [4.78, 5) is 32.0. The van der Waals surface area contributed by atoms with E-state index in [1.807, 2.05) is 0 Å². The van der Waals surface area contributed by atoms with Gasteiger partial charge in [0.2, 0.25) is 0 Å². The summed E-state index contributed by atoms with van der Waals surface area (Å²) in [5.41, 5.74) is 0.864. The molecule has 1 unspecified atom stereocenters. The van der Waals surface area contributed by atoms with E-state index in [4.69, 9.17) is 32.7 Å². The van der Waals surface area contributed by atoms with Gasteiger partial charge in [0.1, 0.15) is 10.8 Å². The topological polar surface area (TPSA) is 89.0 Å². The number of hydrogen-bond donors (Lipinski definition) is 1. The van der Waals surface area contributed by atoms with Crippen LogP contribution in [0.2, 0.25) is 10.0 Å². The summed E-state index contributed by atoms with van der Waals surface area (Å²) in [5, 5.41) is 11.5. The van der Waals surface area contributed by atoms with Crippen LogP contribution < -0.4 is 14.4 Å². The van der Waals surface area contributed by atoms with Crippen LogP contribution in [-0.4, -0.2) is 36.0 Å². The third-order valence-electron chi connectivity index (χ3n) is 5.33. The zero-order valence-electron chi connectivity index (χ0n) is 17.9. The second-order valence-corrected chi connectivity index (χ2v) is 8.92. The van der Waals surface area contributed by atoms with Gasteiger partial charge in [-0.2, -0.15) is 0 Å². The van der Waals surface area contributed by atoms with E-state index < -0.39 is 23.5 Å². The molecular formula is C24H17BrCl2N2O5. The minimum absolute atomic E-state index is 0.0122. The fraction of sp³-hybridized carbons (Fsp3) is 0.125. The number of carbonyl (C=O) groups is 2.